The summed E-state index contributed by atoms with van der Waals surface area (Å²) in [4.78, 5) is 8.70. The molecule has 2 rings (SSSR count). The van der Waals surface area contributed by atoms with E-state index in [1.165, 1.54) is 0 Å². The topological polar surface area (TPSA) is 63.4 Å². The van der Waals surface area contributed by atoms with Crippen molar-refractivity contribution in [1.29, 1.82) is 5.26 Å². The lowest BCUT2D eigenvalue weighted by atomic mass is 10.1. The number of hydrogen-bond acceptors (Lipinski definition) is 5. The molecular weight excluding hydrogens is 240 g/mol. The van der Waals surface area contributed by atoms with E-state index in [4.69, 9.17) is 5.26 Å². The quantitative estimate of drug-likeness (QED) is 0.872. The Balaban J connectivity index is 2.01. The number of hydrogen-bond donors (Lipinski definition) is 1. The normalized spacial score (nSPS) is 22.0. The number of rotatable bonds is 3. The lowest BCUT2D eigenvalue weighted by Gasteiger charge is -2.41. The summed E-state index contributed by atoms with van der Waals surface area (Å²) in [5.74, 6) is 0. The van der Waals surface area contributed by atoms with Gasteiger partial charge in [-0.05, 0) is 26.0 Å². The van der Waals surface area contributed by atoms with Crippen LogP contribution in [0.2, 0.25) is 0 Å². The summed E-state index contributed by atoms with van der Waals surface area (Å²) in [7, 11) is 0. The largest absolute Gasteiger partial charge is 0.392 e. The first-order valence-electron chi connectivity index (χ1n) is 6.63. The van der Waals surface area contributed by atoms with Gasteiger partial charge in [-0.3, -0.25) is 4.90 Å². The van der Waals surface area contributed by atoms with Crippen molar-refractivity contribution in [1.82, 2.24) is 9.88 Å². The number of aromatic nitrogens is 1. The SMILES string of the molecule is CC(O)CN1CCN(c2ccc(C#N)nc2)C(C)C1. The molecule has 1 N–H and O–H groups in total. The number of β-amino-alcohol motifs (C(OH)–C–C–N with tert-alkyl or cyclic N) is 1. The third-order valence-corrected chi connectivity index (χ3v) is 3.43. The highest BCUT2D eigenvalue weighted by molar-refractivity contribution is 5.47. The Labute approximate surface area is 114 Å². The summed E-state index contributed by atoms with van der Waals surface area (Å²) in [6.07, 6.45) is 1.48. The van der Waals surface area contributed by atoms with Gasteiger partial charge in [0.2, 0.25) is 0 Å². The highest BCUT2D eigenvalue weighted by Gasteiger charge is 2.24. The van der Waals surface area contributed by atoms with Crippen LogP contribution in [0.15, 0.2) is 18.3 Å². The van der Waals surface area contributed by atoms with Crippen LogP contribution < -0.4 is 4.90 Å². The molecule has 1 aliphatic heterocycles. The molecule has 2 atom stereocenters. The Morgan fingerprint density at radius 2 is 2.32 bits per heavy atom. The predicted molar refractivity (Wildman–Crippen MR) is 73.9 cm³/mol. The van der Waals surface area contributed by atoms with E-state index in [1.54, 1.807) is 12.3 Å². The summed E-state index contributed by atoms with van der Waals surface area (Å²) < 4.78 is 0. The Hall–Kier alpha value is -1.64. The molecule has 102 valence electrons. The highest BCUT2D eigenvalue weighted by Crippen LogP contribution is 2.19. The zero-order chi connectivity index (χ0) is 13.8. The van der Waals surface area contributed by atoms with Crippen LogP contribution in [-0.4, -0.2) is 53.3 Å². The van der Waals surface area contributed by atoms with E-state index >= 15 is 0 Å². The standard InChI is InChI=1S/C14H20N4O/c1-11-9-17(10-12(2)19)5-6-18(11)14-4-3-13(7-15)16-8-14/h3-4,8,11-12,19H,5-6,9-10H2,1-2H3. The molecule has 0 amide bonds. The van der Waals surface area contributed by atoms with Gasteiger partial charge in [-0.15, -0.1) is 0 Å². The van der Waals surface area contributed by atoms with E-state index in [0.29, 0.717) is 11.7 Å². The molecule has 1 aliphatic rings. The number of aliphatic hydroxyl groups is 1. The molecule has 0 bridgehead atoms. The Morgan fingerprint density at radius 3 is 2.84 bits per heavy atom. The zero-order valence-electron chi connectivity index (χ0n) is 11.5. The third kappa shape index (κ3) is 3.43. The second-order valence-corrected chi connectivity index (χ2v) is 5.16. The van der Waals surface area contributed by atoms with Gasteiger partial charge in [0, 0.05) is 32.2 Å². The van der Waals surface area contributed by atoms with E-state index in [0.717, 1.165) is 31.9 Å². The molecule has 0 radical (unpaired) electrons. The molecule has 5 heteroatoms. The monoisotopic (exact) mass is 260 g/mol. The molecule has 2 heterocycles. The predicted octanol–water partition coefficient (Wildman–Crippen LogP) is 0.845. The number of pyridine rings is 1. The summed E-state index contributed by atoms with van der Waals surface area (Å²) in [6, 6.07) is 6.11. The van der Waals surface area contributed by atoms with E-state index < -0.39 is 0 Å². The number of aliphatic hydroxyl groups excluding tert-OH is 1. The summed E-state index contributed by atoms with van der Waals surface area (Å²) in [5.41, 5.74) is 1.51. The first kappa shape index (κ1) is 13.8. The Kier molecular flexibility index (Phi) is 4.35. The molecule has 19 heavy (non-hydrogen) atoms. The average molecular weight is 260 g/mol. The average Bonchev–Trinajstić information content (AvgIpc) is 2.38. The molecule has 0 saturated carbocycles. The molecule has 1 aromatic rings. The van der Waals surface area contributed by atoms with Crippen molar-refractivity contribution in [3.8, 4) is 6.07 Å². The third-order valence-electron chi connectivity index (χ3n) is 3.43. The van der Waals surface area contributed by atoms with Crippen molar-refractivity contribution >= 4 is 5.69 Å². The van der Waals surface area contributed by atoms with Crippen LogP contribution in [0.1, 0.15) is 19.5 Å². The first-order chi connectivity index (χ1) is 9.10. The number of anilines is 1. The van der Waals surface area contributed by atoms with Crippen LogP contribution >= 0.6 is 0 Å². The zero-order valence-corrected chi connectivity index (χ0v) is 11.5. The van der Waals surface area contributed by atoms with Gasteiger partial charge in [0.15, 0.2) is 0 Å². The van der Waals surface area contributed by atoms with Gasteiger partial charge in [-0.1, -0.05) is 0 Å². The molecule has 1 saturated heterocycles. The van der Waals surface area contributed by atoms with Crippen molar-refractivity contribution in [2.45, 2.75) is 26.0 Å². The Morgan fingerprint density at radius 1 is 1.53 bits per heavy atom. The maximum atomic E-state index is 9.44. The van der Waals surface area contributed by atoms with Gasteiger partial charge in [-0.25, -0.2) is 4.98 Å². The van der Waals surface area contributed by atoms with E-state index in [-0.39, 0.29) is 6.10 Å². The second-order valence-electron chi connectivity index (χ2n) is 5.16. The lowest BCUT2D eigenvalue weighted by molar-refractivity contribution is 0.115. The van der Waals surface area contributed by atoms with Crippen molar-refractivity contribution in [3.05, 3.63) is 24.0 Å². The van der Waals surface area contributed by atoms with Gasteiger partial charge in [0.1, 0.15) is 11.8 Å². The van der Waals surface area contributed by atoms with Crippen LogP contribution in [-0.2, 0) is 0 Å². The van der Waals surface area contributed by atoms with Gasteiger partial charge in [-0.2, -0.15) is 5.26 Å². The molecule has 0 spiro atoms. The molecule has 0 aliphatic carbocycles. The van der Waals surface area contributed by atoms with Crippen LogP contribution in [0.3, 0.4) is 0 Å². The van der Waals surface area contributed by atoms with Crippen LogP contribution in [0.25, 0.3) is 0 Å². The number of piperazine rings is 1. The van der Waals surface area contributed by atoms with E-state index in [9.17, 15) is 5.11 Å². The fourth-order valence-corrected chi connectivity index (χ4v) is 2.58. The molecule has 5 nitrogen and oxygen atoms in total. The number of nitrogens with zero attached hydrogens (tertiary/aromatic N) is 4. The van der Waals surface area contributed by atoms with Gasteiger partial charge in [0.05, 0.1) is 18.0 Å². The first-order valence-corrected chi connectivity index (χ1v) is 6.63. The molecule has 0 aromatic carbocycles. The van der Waals surface area contributed by atoms with E-state index in [1.807, 2.05) is 19.1 Å². The van der Waals surface area contributed by atoms with Crippen molar-refractivity contribution in [2.24, 2.45) is 0 Å². The second kappa shape index (κ2) is 6.00. The molecular formula is C14H20N4O. The number of nitriles is 1. The van der Waals surface area contributed by atoms with Gasteiger partial charge < -0.3 is 10.0 Å². The van der Waals surface area contributed by atoms with E-state index in [2.05, 4.69) is 21.7 Å². The lowest BCUT2D eigenvalue weighted by Crippen LogP contribution is -2.53. The minimum atomic E-state index is -0.282. The Bertz CT molecular complexity index is 452. The summed E-state index contributed by atoms with van der Waals surface area (Å²) in [5, 5.41) is 18.2. The maximum absolute atomic E-state index is 9.44. The van der Waals surface area contributed by atoms with Crippen LogP contribution in [0.5, 0.6) is 0 Å². The van der Waals surface area contributed by atoms with Crippen molar-refractivity contribution in [2.75, 3.05) is 31.1 Å². The smallest absolute Gasteiger partial charge is 0.140 e. The molecule has 2 unspecified atom stereocenters. The van der Waals surface area contributed by atoms with Crippen LogP contribution in [0, 0.1) is 11.3 Å². The van der Waals surface area contributed by atoms with Crippen LogP contribution in [0.4, 0.5) is 5.69 Å². The minimum absolute atomic E-state index is 0.282. The van der Waals surface area contributed by atoms with Crippen molar-refractivity contribution < 1.29 is 5.11 Å². The summed E-state index contributed by atoms with van der Waals surface area (Å²) >= 11 is 0. The minimum Gasteiger partial charge on any atom is -0.392 e. The summed E-state index contributed by atoms with van der Waals surface area (Å²) in [6.45, 7) is 7.51. The maximum Gasteiger partial charge on any atom is 0.140 e. The van der Waals surface area contributed by atoms with Gasteiger partial charge >= 0.3 is 0 Å². The highest BCUT2D eigenvalue weighted by atomic mass is 16.3. The molecule has 1 fully saturated rings. The fraction of sp³-hybridized carbons (Fsp3) is 0.571. The molecule has 1 aromatic heterocycles. The van der Waals surface area contributed by atoms with Gasteiger partial charge in [0.25, 0.3) is 0 Å². The van der Waals surface area contributed by atoms with Crippen molar-refractivity contribution in [3.63, 3.8) is 0 Å². The fourth-order valence-electron chi connectivity index (χ4n) is 2.58.